The maximum Gasteiger partial charge on any atom is 0.229 e. The highest BCUT2D eigenvalue weighted by molar-refractivity contribution is 4.98. The summed E-state index contributed by atoms with van der Waals surface area (Å²) in [4.78, 5) is 4.30. The third-order valence-electron chi connectivity index (χ3n) is 2.55. The number of hydrogen-bond acceptors (Lipinski definition) is 5. The van der Waals surface area contributed by atoms with Gasteiger partial charge in [0.05, 0.1) is 6.04 Å². The number of rotatable bonds is 2. The third-order valence-corrected chi connectivity index (χ3v) is 2.55. The van der Waals surface area contributed by atoms with Gasteiger partial charge in [-0.25, -0.2) is 0 Å². The van der Waals surface area contributed by atoms with Crippen molar-refractivity contribution in [1.29, 1.82) is 0 Å². The first-order chi connectivity index (χ1) is 6.77. The van der Waals surface area contributed by atoms with Crippen molar-refractivity contribution in [3.63, 3.8) is 0 Å². The summed E-state index contributed by atoms with van der Waals surface area (Å²) in [6.07, 6.45) is 2.14. The molecule has 0 bridgehead atoms. The van der Waals surface area contributed by atoms with Crippen LogP contribution in [0.25, 0.3) is 0 Å². The fraction of sp³-hybridized carbons (Fsp3) is 0.778. The summed E-state index contributed by atoms with van der Waals surface area (Å²) in [6.45, 7) is 3.91. The molecule has 3 N–H and O–H groups in total. The monoisotopic (exact) mass is 196 g/mol. The summed E-state index contributed by atoms with van der Waals surface area (Å²) in [7, 11) is 0. The molecule has 0 radical (unpaired) electrons. The second-order valence-electron chi connectivity index (χ2n) is 3.80. The fourth-order valence-corrected chi connectivity index (χ4v) is 1.67. The molecule has 2 rings (SSSR count). The summed E-state index contributed by atoms with van der Waals surface area (Å²) in [6, 6.07) is -0.144. The van der Waals surface area contributed by atoms with Gasteiger partial charge in [0.2, 0.25) is 5.89 Å². The molecule has 1 saturated heterocycles. The molecule has 1 aromatic heterocycles. The van der Waals surface area contributed by atoms with Gasteiger partial charge in [0.1, 0.15) is 0 Å². The molecule has 1 aliphatic heterocycles. The van der Waals surface area contributed by atoms with E-state index >= 15 is 0 Å². The van der Waals surface area contributed by atoms with Gasteiger partial charge in [-0.3, -0.25) is 0 Å². The Balaban J connectivity index is 2.07. The van der Waals surface area contributed by atoms with Crippen LogP contribution in [0.2, 0.25) is 0 Å². The van der Waals surface area contributed by atoms with Crippen LogP contribution in [0, 0.1) is 0 Å². The van der Waals surface area contributed by atoms with Crippen LogP contribution in [-0.4, -0.2) is 23.2 Å². The Morgan fingerprint density at radius 2 is 2.21 bits per heavy atom. The molecule has 5 nitrogen and oxygen atoms in total. The van der Waals surface area contributed by atoms with Gasteiger partial charge in [0, 0.05) is 5.92 Å². The maximum atomic E-state index is 5.66. The van der Waals surface area contributed by atoms with Crippen LogP contribution in [0.1, 0.15) is 43.4 Å². The van der Waals surface area contributed by atoms with Gasteiger partial charge in [-0.1, -0.05) is 5.16 Å². The average Bonchev–Trinajstić information content (AvgIpc) is 2.68. The molecule has 78 valence electrons. The van der Waals surface area contributed by atoms with Gasteiger partial charge in [0.15, 0.2) is 5.82 Å². The molecule has 2 heterocycles. The number of piperidine rings is 1. The quantitative estimate of drug-likeness (QED) is 0.722. The summed E-state index contributed by atoms with van der Waals surface area (Å²) in [5, 5.41) is 7.16. The van der Waals surface area contributed by atoms with Crippen molar-refractivity contribution in [2.75, 3.05) is 13.1 Å². The van der Waals surface area contributed by atoms with E-state index < -0.39 is 0 Å². The SMILES string of the molecule is CC(N)c1noc(C2CCNCC2)n1. The van der Waals surface area contributed by atoms with Gasteiger partial charge < -0.3 is 15.6 Å². The van der Waals surface area contributed by atoms with E-state index in [4.69, 9.17) is 10.3 Å². The molecule has 0 aliphatic carbocycles. The first-order valence-corrected chi connectivity index (χ1v) is 5.07. The van der Waals surface area contributed by atoms with Crippen LogP contribution in [-0.2, 0) is 0 Å². The highest BCUT2D eigenvalue weighted by Crippen LogP contribution is 2.23. The zero-order valence-corrected chi connectivity index (χ0v) is 8.36. The highest BCUT2D eigenvalue weighted by Gasteiger charge is 2.21. The second kappa shape index (κ2) is 4.06. The second-order valence-corrected chi connectivity index (χ2v) is 3.80. The van der Waals surface area contributed by atoms with Crippen molar-refractivity contribution >= 4 is 0 Å². The lowest BCUT2D eigenvalue weighted by Crippen LogP contribution is -2.26. The Labute approximate surface area is 83.1 Å². The smallest absolute Gasteiger partial charge is 0.229 e. The molecule has 0 amide bonds. The van der Waals surface area contributed by atoms with E-state index in [1.807, 2.05) is 6.92 Å². The van der Waals surface area contributed by atoms with Crippen molar-refractivity contribution in [2.45, 2.75) is 31.7 Å². The first-order valence-electron chi connectivity index (χ1n) is 5.07. The minimum absolute atomic E-state index is 0.144. The van der Waals surface area contributed by atoms with E-state index in [-0.39, 0.29) is 6.04 Å². The summed E-state index contributed by atoms with van der Waals surface area (Å²) in [5.41, 5.74) is 5.66. The summed E-state index contributed by atoms with van der Waals surface area (Å²) < 4.78 is 5.20. The molecule has 1 aliphatic rings. The normalized spacial score (nSPS) is 21.0. The molecular formula is C9H16N4O. The van der Waals surface area contributed by atoms with E-state index in [0.717, 1.165) is 31.8 Å². The molecule has 1 atom stereocenters. The first kappa shape index (κ1) is 9.61. The number of nitrogens with two attached hydrogens (primary N) is 1. The number of nitrogens with one attached hydrogen (secondary N) is 1. The predicted molar refractivity (Wildman–Crippen MR) is 51.7 cm³/mol. The van der Waals surface area contributed by atoms with Crippen molar-refractivity contribution in [1.82, 2.24) is 15.5 Å². The Kier molecular flexibility index (Phi) is 2.79. The lowest BCUT2D eigenvalue weighted by Gasteiger charge is -2.18. The van der Waals surface area contributed by atoms with Crippen molar-refractivity contribution in [3.05, 3.63) is 11.7 Å². The molecule has 0 spiro atoms. The van der Waals surface area contributed by atoms with Gasteiger partial charge >= 0.3 is 0 Å². The van der Waals surface area contributed by atoms with Crippen LogP contribution in [0.3, 0.4) is 0 Å². The summed E-state index contributed by atoms with van der Waals surface area (Å²) >= 11 is 0. The highest BCUT2D eigenvalue weighted by atomic mass is 16.5. The zero-order chi connectivity index (χ0) is 9.97. The Bertz CT molecular complexity index is 291. The molecule has 1 unspecified atom stereocenters. The molecule has 0 saturated carbocycles. The molecule has 1 aromatic rings. The van der Waals surface area contributed by atoms with Crippen molar-refractivity contribution in [2.24, 2.45) is 5.73 Å². The third kappa shape index (κ3) is 1.93. The van der Waals surface area contributed by atoms with Crippen molar-refractivity contribution < 1.29 is 4.52 Å². The van der Waals surface area contributed by atoms with E-state index in [0.29, 0.717) is 11.7 Å². The zero-order valence-electron chi connectivity index (χ0n) is 8.36. The van der Waals surface area contributed by atoms with Gasteiger partial charge in [0.25, 0.3) is 0 Å². The van der Waals surface area contributed by atoms with Crippen LogP contribution in [0.5, 0.6) is 0 Å². The lowest BCUT2D eigenvalue weighted by atomic mass is 9.98. The van der Waals surface area contributed by atoms with Crippen LogP contribution < -0.4 is 11.1 Å². The number of nitrogens with zero attached hydrogens (tertiary/aromatic N) is 2. The van der Waals surface area contributed by atoms with Crippen LogP contribution >= 0.6 is 0 Å². The van der Waals surface area contributed by atoms with E-state index in [9.17, 15) is 0 Å². The number of aromatic nitrogens is 2. The topological polar surface area (TPSA) is 77.0 Å². The van der Waals surface area contributed by atoms with Gasteiger partial charge in [-0.2, -0.15) is 4.98 Å². The molecule has 5 heteroatoms. The van der Waals surface area contributed by atoms with Gasteiger partial charge in [-0.05, 0) is 32.9 Å². The maximum absolute atomic E-state index is 5.66. The Hall–Kier alpha value is -0.940. The van der Waals surface area contributed by atoms with E-state index in [1.165, 1.54) is 0 Å². The van der Waals surface area contributed by atoms with E-state index in [2.05, 4.69) is 15.5 Å². The Morgan fingerprint density at radius 1 is 1.50 bits per heavy atom. The Morgan fingerprint density at radius 3 is 2.79 bits per heavy atom. The van der Waals surface area contributed by atoms with Crippen molar-refractivity contribution in [3.8, 4) is 0 Å². The fourth-order valence-electron chi connectivity index (χ4n) is 1.67. The van der Waals surface area contributed by atoms with Gasteiger partial charge in [-0.15, -0.1) is 0 Å². The molecular weight excluding hydrogens is 180 g/mol. The lowest BCUT2D eigenvalue weighted by molar-refractivity contribution is 0.317. The van der Waals surface area contributed by atoms with Crippen LogP contribution in [0.15, 0.2) is 4.52 Å². The summed E-state index contributed by atoms with van der Waals surface area (Å²) in [5.74, 6) is 1.77. The largest absolute Gasteiger partial charge is 0.339 e. The minimum atomic E-state index is -0.144. The van der Waals surface area contributed by atoms with E-state index in [1.54, 1.807) is 0 Å². The molecule has 0 aromatic carbocycles. The predicted octanol–water partition coefficient (Wildman–Crippen LogP) is 0.556. The minimum Gasteiger partial charge on any atom is -0.339 e. The average molecular weight is 196 g/mol. The molecule has 14 heavy (non-hydrogen) atoms. The number of hydrogen-bond donors (Lipinski definition) is 2. The standard InChI is InChI=1S/C9H16N4O/c1-6(10)8-12-9(14-13-8)7-2-4-11-5-3-7/h6-7,11H,2-5,10H2,1H3. The molecule has 1 fully saturated rings. The van der Waals surface area contributed by atoms with Crippen LogP contribution in [0.4, 0.5) is 0 Å².